The van der Waals surface area contributed by atoms with Crippen molar-refractivity contribution in [1.82, 2.24) is 97.6 Å². The van der Waals surface area contributed by atoms with Crippen LogP contribution < -0.4 is 76.1 Å². The molecule has 3 aliphatic rings. The van der Waals surface area contributed by atoms with Crippen molar-refractivity contribution in [3.05, 3.63) is 119 Å². The standard InChI is InChI=1S/C87H120BrN23O19S/c1-8-10-21-66-80(123)101-59(27-29-90)77(120)106-65(75(118)96-41-72(92)115)43-131-44-73(116)99-62(32-48-24-25-70(113)55(88)31-48)84(127)107(5)47(4)74(117)104-64(37-71(91)114)86(129)110-30-16-23-67(110)81(124)103-61(35-51-40-93-45-97-51)78(121)98-46(3)83(126)111-42-52(112)36-69(111)82(125)102-60(33-49-38-94-56-19-14-12-17-53(49)56)79(122)100-58(26-28-89)76(119)105-63(34-50-39-95-57-20-15-13-18-54(50)57)85(128)109(7)68(22-11-9-2)87(130)108(66)6/h12-15,17-20,24-25,31,38-40,45-47,52,58-69,94-95,112-113H,8-11,16,21-23,26-30,32-37,41-44,89-90H2,1-7H3,(H2,91,114)(H2,92,115)(H,93,97)(H,96,118)(H,98,121)(H,99,116)(H,100,122)(H,101,123)(H,102,125)(H,103,124)(H,104,117)(H,105,119)(H,106,120)/t46-,47-,52+,58-,59-,60-,61-,62-,63-,64-,65-,66-,67-,68-,69-/m0/s1. The Morgan fingerprint density at radius 2 is 1.08 bits per heavy atom. The Kier molecular flexibility index (Phi) is 37.7. The van der Waals surface area contributed by atoms with Crippen LogP contribution >= 0.6 is 27.7 Å². The summed E-state index contributed by atoms with van der Waals surface area (Å²) in [5, 5.41) is 49.6. The lowest BCUT2D eigenvalue weighted by atomic mass is 9.99. The molecule has 0 saturated carbocycles. The highest BCUT2D eigenvalue weighted by Gasteiger charge is 2.46. The summed E-state index contributed by atoms with van der Waals surface area (Å²) in [6.45, 7) is 4.56. The third kappa shape index (κ3) is 27.5. The van der Waals surface area contributed by atoms with E-state index in [1.54, 1.807) is 60.9 Å². The number of phenols is 1. The number of aromatic amines is 3. The van der Waals surface area contributed by atoms with E-state index < -0.39 is 222 Å². The molecule has 0 spiro atoms. The molecule has 3 saturated heterocycles. The first kappa shape index (κ1) is 102. The first-order chi connectivity index (χ1) is 62.4. The quantitative estimate of drug-likeness (QED) is 0.0309. The number of carbonyl (C=O) groups excluding carboxylic acids is 17. The Labute approximate surface area is 768 Å². The van der Waals surface area contributed by atoms with Gasteiger partial charge in [0.05, 0.1) is 35.6 Å². The van der Waals surface area contributed by atoms with Crippen molar-refractivity contribution in [2.24, 2.45) is 22.9 Å². The molecule has 44 heteroatoms. The number of hydrogen-bond donors (Lipinski definition) is 19. The largest absolute Gasteiger partial charge is 0.507 e. The Hall–Kier alpha value is -12.6. The molecule has 15 atom stereocenters. The molecule has 3 aliphatic heterocycles. The minimum absolute atomic E-state index is 0.0102. The summed E-state index contributed by atoms with van der Waals surface area (Å²) in [6.07, 6.45) is 3.87. The molecule has 6 heterocycles. The second-order valence-corrected chi connectivity index (χ2v) is 35.0. The number of nitrogens with zero attached hydrogens (tertiary/aromatic N) is 6. The number of nitrogens with one attached hydrogen (secondary N) is 13. The number of unbranched alkanes of at least 4 members (excludes halogenated alkanes) is 2. The van der Waals surface area contributed by atoms with E-state index in [2.05, 4.69) is 89.0 Å². The lowest BCUT2D eigenvalue weighted by Gasteiger charge is -2.36. The minimum atomic E-state index is -1.77. The fourth-order valence-electron chi connectivity index (χ4n) is 16.2. The van der Waals surface area contributed by atoms with Gasteiger partial charge in [0.2, 0.25) is 100 Å². The molecule has 9 rings (SSSR count). The van der Waals surface area contributed by atoms with Gasteiger partial charge in [-0.25, -0.2) is 4.98 Å². The molecule has 710 valence electrons. The third-order valence-electron chi connectivity index (χ3n) is 23.5. The summed E-state index contributed by atoms with van der Waals surface area (Å²) in [4.78, 5) is 267. The summed E-state index contributed by atoms with van der Waals surface area (Å²) in [5.74, 6) is -16.7. The lowest BCUT2D eigenvalue weighted by Crippen LogP contribution is -2.61. The van der Waals surface area contributed by atoms with Crippen LogP contribution in [0.25, 0.3) is 21.8 Å². The van der Waals surface area contributed by atoms with Gasteiger partial charge < -0.3 is 126 Å². The maximum Gasteiger partial charge on any atom is 0.246 e. The number of aliphatic hydroxyl groups is 1. The molecule has 17 amide bonds. The van der Waals surface area contributed by atoms with Gasteiger partial charge in [0.25, 0.3) is 0 Å². The summed E-state index contributed by atoms with van der Waals surface area (Å²) in [6, 6.07) is -2.67. The van der Waals surface area contributed by atoms with Crippen LogP contribution in [0, 0.1) is 0 Å². The highest BCUT2D eigenvalue weighted by molar-refractivity contribution is 9.10. The second-order valence-electron chi connectivity index (χ2n) is 33.1. The molecule has 3 fully saturated rings. The maximum atomic E-state index is 15.7. The molecular formula is C87H120BrN23O19S. The molecule has 6 aromatic rings. The van der Waals surface area contributed by atoms with Crippen LogP contribution in [-0.2, 0) is 107 Å². The fraction of sp³-hybridized carbons (Fsp3) is 0.517. The number of nitrogens with two attached hydrogens (primary N) is 4. The predicted octanol–water partition coefficient (Wildman–Crippen LogP) is -2.75. The Bertz CT molecular complexity index is 5110. The van der Waals surface area contributed by atoms with Crippen molar-refractivity contribution in [2.75, 3.05) is 65.4 Å². The number of primary amides is 2. The van der Waals surface area contributed by atoms with Gasteiger partial charge in [-0.05, 0) is 122 Å². The number of phenolic OH excluding ortho intramolecular Hbond substituents is 1. The number of H-pyrrole nitrogens is 3. The monoisotopic (exact) mass is 1900 g/mol. The topological polar surface area (TPSA) is 631 Å². The normalized spacial score (nSPS) is 25.2. The Balaban J connectivity index is 1.08. The van der Waals surface area contributed by atoms with Crippen LogP contribution in [-0.4, -0.2) is 311 Å². The molecule has 3 aromatic carbocycles. The number of likely N-dealkylation sites (N-methyl/N-ethyl adjacent to an activating group) is 3. The number of halogens is 1. The zero-order valence-corrected chi connectivity index (χ0v) is 76.6. The van der Waals surface area contributed by atoms with E-state index in [1.807, 2.05) is 13.8 Å². The average Bonchev–Trinajstić information content (AvgIpc) is 1.36. The maximum absolute atomic E-state index is 15.7. The van der Waals surface area contributed by atoms with E-state index in [-0.39, 0.29) is 100 Å². The predicted molar refractivity (Wildman–Crippen MR) is 485 cm³/mol. The summed E-state index contributed by atoms with van der Waals surface area (Å²) >= 11 is 4.04. The van der Waals surface area contributed by atoms with Gasteiger partial charge in [-0.2, -0.15) is 0 Å². The van der Waals surface area contributed by atoms with E-state index in [9.17, 15) is 63.0 Å². The van der Waals surface area contributed by atoms with Crippen molar-refractivity contribution in [3.63, 3.8) is 0 Å². The molecule has 0 unspecified atom stereocenters. The van der Waals surface area contributed by atoms with Gasteiger partial charge in [0.1, 0.15) is 90.3 Å². The molecule has 0 radical (unpaired) electrons. The first-order valence-corrected chi connectivity index (χ1v) is 45.6. The van der Waals surface area contributed by atoms with E-state index in [0.29, 0.717) is 69.9 Å². The Morgan fingerprint density at radius 1 is 0.550 bits per heavy atom. The number of aliphatic hydroxyl groups excluding tert-OH is 1. The van der Waals surface area contributed by atoms with Crippen molar-refractivity contribution in [1.29, 1.82) is 0 Å². The highest BCUT2D eigenvalue weighted by Crippen LogP contribution is 2.29. The fourth-order valence-corrected chi connectivity index (χ4v) is 17.5. The molecule has 131 heavy (non-hydrogen) atoms. The van der Waals surface area contributed by atoms with Crippen molar-refractivity contribution in [3.8, 4) is 5.75 Å². The van der Waals surface area contributed by atoms with E-state index in [0.717, 1.165) is 26.5 Å². The van der Waals surface area contributed by atoms with Crippen LogP contribution in [0.5, 0.6) is 5.75 Å². The van der Waals surface area contributed by atoms with Gasteiger partial charge >= 0.3 is 0 Å². The third-order valence-corrected chi connectivity index (χ3v) is 25.2. The van der Waals surface area contributed by atoms with Crippen molar-refractivity contribution >= 4 is 150 Å². The minimum Gasteiger partial charge on any atom is -0.507 e. The number of amides is 17. The van der Waals surface area contributed by atoms with Crippen LogP contribution in [0.4, 0.5) is 0 Å². The summed E-state index contributed by atoms with van der Waals surface area (Å²) in [5.41, 5.74) is 26.6. The number of para-hydroxylation sites is 2. The number of aromatic hydroxyl groups is 1. The molecule has 0 bridgehead atoms. The lowest BCUT2D eigenvalue weighted by molar-refractivity contribution is -0.149. The number of imidazole rings is 1. The van der Waals surface area contributed by atoms with E-state index >= 15 is 28.8 Å². The molecular weight excluding hydrogens is 1780 g/mol. The number of rotatable bonds is 23. The van der Waals surface area contributed by atoms with Crippen LogP contribution in [0.2, 0.25) is 0 Å². The van der Waals surface area contributed by atoms with Gasteiger partial charge in [-0.1, -0.05) is 82.0 Å². The van der Waals surface area contributed by atoms with Crippen molar-refractivity contribution < 1.29 is 91.7 Å². The number of fused-ring (bicyclic) bond motifs is 4. The van der Waals surface area contributed by atoms with Gasteiger partial charge in [0.15, 0.2) is 0 Å². The molecule has 42 nitrogen and oxygen atoms in total. The Morgan fingerprint density at radius 3 is 1.68 bits per heavy atom. The number of carbonyl (C=O) groups is 17. The van der Waals surface area contributed by atoms with Gasteiger partial charge in [-0.15, -0.1) is 11.8 Å². The zero-order valence-electron chi connectivity index (χ0n) is 74.2. The average molecular weight is 1900 g/mol. The first-order valence-electron chi connectivity index (χ1n) is 43.6. The summed E-state index contributed by atoms with van der Waals surface area (Å²) < 4.78 is 0.203. The second kappa shape index (κ2) is 48.4. The SMILES string of the molecule is CCCC[C@H]1C(=O)N(C)[C@@H](CCCC)C(=O)N[C@@H](CCN)C(=O)N[C@H](C(=O)NCC(N)=O)CSCC(=O)N[C@@H](Cc2ccc(O)c(Br)c2)C(=O)N(C)[C@@H](C)C(=O)N[C@@H](CC(N)=O)C(=O)N2CCC[C@H]2C(=O)N[C@@H](Cc2cnc[nH]2)C(=O)N[C@@H](C)C(=O)N2C[C@H](O)C[C@H]2C(=O)N[C@@H](Cc2c[nH]c3ccccc23)C(=O)N[C@@H](CCN)C(=O)N[C@@H](Cc2c[nH]c3ccccc23)C(=O)N1C. The zero-order chi connectivity index (χ0) is 95.6. The van der Waals surface area contributed by atoms with Gasteiger partial charge in [0, 0.05) is 118 Å². The number of thioether (sulfide) groups is 1. The smallest absolute Gasteiger partial charge is 0.246 e. The number of aromatic nitrogens is 4. The number of benzene rings is 3. The van der Waals surface area contributed by atoms with E-state index in [4.69, 9.17) is 22.9 Å². The summed E-state index contributed by atoms with van der Waals surface area (Å²) in [7, 11) is 3.96. The van der Waals surface area contributed by atoms with Gasteiger partial charge in [-0.3, -0.25) is 81.5 Å². The van der Waals surface area contributed by atoms with Crippen molar-refractivity contribution in [2.45, 2.75) is 221 Å². The number of hydrogen-bond acceptors (Lipinski definition) is 23. The van der Waals surface area contributed by atoms with Crippen LogP contribution in [0.3, 0.4) is 0 Å². The highest BCUT2D eigenvalue weighted by atomic mass is 79.9. The van der Waals surface area contributed by atoms with E-state index in [1.165, 1.54) is 75.5 Å². The molecule has 23 N–H and O–H groups in total. The molecule has 3 aromatic heterocycles. The van der Waals surface area contributed by atoms with Crippen LogP contribution in [0.15, 0.2) is 96.1 Å². The molecule has 0 aliphatic carbocycles. The van der Waals surface area contributed by atoms with Crippen LogP contribution in [0.1, 0.15) is 127 Å².